The fourth-order valence-electron chi connectivity index (χ4n) is 0.900. The van der Waals surface area contributed by atoms with Crippen molar-refractivity contribution in [2.24, 2.45) is 5.73 Å². The van der Waals surface area contributed by atoms with Crippen LogP contribution >= 0.6 is 12.2 Å². The monoisotopic (exact) mass is 228 g/mol. The van der Waals surface area contributed by atoms with E-state index in [0.717, 1.165) is 0 Å². The molecule has 7 heteroatoms. The van der Waals surface area contributed by atoms with Crippen molar-refractivity contribution in [3.05, 3.63) is 11.8 Å². The van der Waals surface area contributed by atoms with Crippen molar-refractivity contribution in [1.82, 2.24) is 10.2 Å². The van der Waals surface area contributed by atoms with E-state index in [2.05, 4.69) is 15.5 Å². The molecule has 82 valence electrons. The summed E-state index contributed by atoms with van der Waals surface area (Å²) in [6.07, 6.45) is 0.905. The number of carbonyl (C=O) groups excluding carboxylic acids is 1. The van der Waals surface area contributed by atoms with Crippen LogP contribution in [0.1, 0.15) is 12.5 Å². The second-order valence-electron chi connectivity index (χ2n) is 2.89. The highest BCUT2D eigenvalue weighted by Crippen LogP contribution is 2.10. The van der Waals surface area contributed by atoms with Crippen molar-refractivity contribution in [3.63, 3.8) is 0 Å². The van der Waals surface area contributed by atoms with Gasteiger partial charge in [-0.1, -0.05) is 12.2 Å². The predicted molar refractivity (Wildman–Crippen MR) is 59.6 cm³/mol. The number of anilines is 1. The average Bonchev–Trinajstić information content (AvgIpc) is 2.64. The molecule has 1 amide bonds. The third-order valence-electron chi connectivity index (χ3n) is 1.88. The second-order valence-corrected chi connectivity index (χ2v) is 3.33. The van der Waals surface area contributed by atoms with Gasteiger partial charge in [-0.3, -0.25) is 9.89 Å². The quantitative estimate of drug-likeness (QED) is 0.632. The molecular formula is C8H12N4O2S. The maximum absolute atomic E-state index is 11.4. The molecular weight excluding hydrogens is 216 g/mol. The van der Waals surface area contributed by atoms with Crippen LogP contribution in [0.3, 0.4) is 0 Å². The average molecular weight is 228 g/mol. The van der Waals surface area contributed by atoms with E-state index in [1.165, 1.54) is 13.3 Å². The zero-order chi connectivity index (χ0) is 11.4. The van der Waals surface area contributed by atoms with Crippen LogP contribution in [0.2, 0.25) is 0 Å². The van der Waals surface area contributed by atoms with Crippen LogP contribution in [0, 0.1) is 0 Å². The smallest absolute Gasteiger partial charge is 0.254 e. The van der Waals surface area contributed by atoms with Gasteiger partial charge in [0.25, 0.3) is 5.91 Å². The van der Waals surface area contributed by atoms with E-state index >= 15 is 0 Å². The number of hydrogen-bond acceptors (Lipinski definition) is 4. The molecule has 0 fully saturated rings. The standard InChI is InChI=1S/C8H12N4O2S/c1-4(14-2)8(13)11-7-5(6(9)15)3-10-12-7/h3-4H,1-2H3,(H2,9,15)(H2,10,11,12,13). The summed E-state index contributed by atoms with van der Waals surface area (Å²) in [5, 5.41) is 8.90. The van der Waals surface area contributed by atoms with Crippen LogP contribution in [0.4, 0.5) is 5.82 Å². The second kappa shape index (κ2) is 4.85. The van der Waals surface area contributed by atoms with E-state index in [9.17, 15) is 4.79 Å². The van der Waals surface area contributed by atoms with Crippen LogP contribution in [0.25, 0.3) is 0 Å². The number of ether oxygens (including phenoxy) is 1. The molecule has 0 radical (unpaired) electrons. The zero-order valence-electron chi connectivity index (χ0n) is 8.40. The van der Waals surface area contributed by atoms with Crippen molar-refractivity contribution < 1.29 is 9.53 Å². The number of aromatic amines is 1. The first-order chi connectivity index (χ1) is 7.06. The molecule has 1 unspecified atom stereocenters. The number of aromatic nitrogens is 2. The van der Waals surface area contributed by atoms with Crippen LogP contribution in [0.15, 0.2) is 6.20 Å². The number of nitrogens with zero attached hydrogens (tertiary/aromatic N) is 1. The summed E-state index contributed by atoms with van der Waals surface area (Å²) in [5.41, 5.74) is 5.93. The molecule has 0 spiro atoms. The number of methoxy groups -OCH3 is 1. The van der Waals surface area contributed by atoms with E-state index in [0.29, 0.717) is 11.4 Å². The molecule has 0 bridgehead atoms. The normalized spacial score (nSPS) is 12.1. The van der Waals surface area contributed by atoms with E-state index in [1.807, 2.05) is 0 Å². The summed E-state index contributed by atoms with van der Waals surface area (Å²) >= 11 is 4.79. The molecule has 4 N–H and O–H groups in total. The van der Waals surface area contributed by atoms with E-state index in [-0.39, 0.29) is 10.9 Å². The first kappa shape index (κ1) is 11.6. The molecule has 1 aromatic rings. The van der Waals surface area contributed by atoms with Crippen LogP contribution in [0.5, 0.6) is 0 Å². The molecule has 0 aliphatic heterocycles. The lowest BCUT2D eigenvalue weighted by atomic mass is 10.3. The Morgan fingerprint density at radius 2 is 2.47 bits per heavy atom. The number of nitrogens with one attached hydrogen (secondary N) is 2. The lowest BCUT2D eigenvalue weighted by molar-refractivity contribution is -0.124. The van der Waals surface area contributed by atoms with Gasteiger partial charge in [-0.15, -0.1) is 0 Å². The fourth-order valence-corrected chi connectivity index (χ4v) is 1.05. The molecule has 0 aliphatic rings. The third kappa shape index (κ3) is 2.74. The van der Waals surface area contributed by atoms with Gasteiger partial charge in [0, 0.05) is 7.11 Å². The topological polar surface area (TPSA) is 93.0 Å². The largest absolute Gasteiger partial charge is 0.389 e. The van der Waals surface area contributed by atoms with Gasteiger partial charge in [0.1, 0.15) is 16.9 Å². The van der Waals surface area contributed by atoms with Gasteiger partial charge in [0.15, 0.2) is 0 Å². The lowest BCUT2D eigenvalue weighted by Crippen LogP contribution is -2.27. The number of carbonyl (C=O) groups is 1. The summed E-state index contributed by atoms with van der Waals surface area (Å²) in [7, 11) is 1.45. The molecule has 0 aromatic carbocycles. The molecule has 1 aromatic heterocycles. The zero-order valence-corrected chi connectivity index (χ0v) is 9.22. The molecule has 0 saturated heterocycles. The molecule has 6 nitrogen and oxygen atoms in total. The predicted octanol–water partition coefficient (Wildman–Crippen LogP) is 0.0173. The Balaban J connectivity index is 2.76. The van der Waals surface area contributed by atoms with Gasteiger partial charge in [0.05, 0.1) is 11.8 Å². The number of hydrogen-bond donors (Lipinski definition) is 3. The molecule has 1 heterocycles. The Hall–Kier alpha value is -1.47. The van der Waals surface area contributed by atoms with Gasteiger partial charge in [-0.25, -0.2) is 0 Å². The summed E-state index contributed by atoms with van der Waals surface area (Å²) in [4.78, 5) is 11.6. The van der Waals surface area contributed by atoms with Crippen molar-refractivity contribution in [1.29, 1.82) is 0 Å². The fraction of sp³-hybridized carbons (Fsp3) is 0.375. The minimum atomic E-state index is -0.549. The minimum absolute atomic E-state index is 0.170. The number of nitrogens with two attached hydrogens (primary N) is 1. The highest BCUT2D eigenvalue weighted by atomic mass is 32.1. The molecule has 1 atom stereocenters. The summed E-state index contributed by atoms with van der Waals surface area (Å²) in [6, 6.07) is 0. The Labute approximate surface area is 92.2 Å². The van der Waals surface area contributed by atoms with Gasteiger partial charge in [-0.05, 0) is 6.92 Å². The van der Waals surface area contributed by atoms with Gasteiger partial charge in [-0.2, -0.15) is 5.10 Å². The van der Waals surface area contributed by atoms with Crippen molar-refractivity contribution in [2.75, 3.05) is 12.4 Å². The number of rotatable bonds is 4. The van der Waals surface area contributed by atoms with Crippen LogP contribution in [-0.2, 0) is 9.53 Å². The number of amides is 1. The molecule has 15 heavy (non-hydrogen) atoms. The molecule has 0 aliphatic carbocycles. The van der Waals surface area contributed by atoms with E-state index < -0.39 is 6.10 Å². The van der Waals surface area contributed by atoms with Crippen LogP contribution in [-0.4, -0.2) is 34.3 Å². The molecule has 0 saturated carbocycles. The first-order valence-corrected chi connectivity index (χ1v) is 4.64. The van der Waals surface area contributed by atoms with Gasteiger partial charge < -0.3 is 15.8 Å². The highest BCUT2D eigenvalue weighted by Gasteiger charge is 2.15. The first-order valence-electron chi connectivity index (χ1n) is 4.23. The Morgan fingerprint density at radius 1 is 1.80 bits per heavy atom. The summed E-state index contributed by atoms with van der Waals surface area (Å²) < 4.78 is 4.85. The Morgan fingerprint density at radius 3 is 3.00 bits per heavy atom. The Bertz CT molecular complexity index is 376. The van der Waals surface area contributed by atoms with E-state index in [1.54, 1.807) is 6.92 Å². The highest BCUT2D eigenvalue weighted by molar-refractivity contribution is 7.80. The van der Waals surface area contributed by atoms with Crippen LogP contribution < -0.4 is 11.1 Å². The van der Waals surface area contributed by atoms with Gasteiger partial charge >= 0.3 is 0 Å². The summed E-state index contributed by atoms with van der Waals surface area (Å²) in [5.74, 6) is 0.0932. The third-order valence-corrected chi connectivity index (χ3v) is 2.10. The lowest BCUT2D eigenvalue weighted by Gasteiger charge is -2.09. The van der Waals surface area contributed by atoms with E-state index in [4.69, 9.17) is 22.7 Å². The number of thiocarbonyl (C=S) groups is 1. The molecule has 1 rings (SSSR count). The number of H-pyrrole nitrogens is 1. The van der Waals surface area contributed by atoms with Gasteiger partial charge in [0.2, 0.25) is 0 Å². The Kier molecular flexibility index (Phi) is 3.75. The summed E-state index contributed by atoms with van der Waals surface area (Å²) in [6.45, 7) is 1.63. The minimum Gasteiger partial charge on any atom is -0.389 e. The SMILES string of the molecule is COC(C)C(=O)Nc1[nH]ncc1C(N)=S. The van der Waals surface area contributed by atoms with Crippen molar-refractivity contribution in [2.45, 2.75) is 13.0 Å². The maximum Gasteiger partial charge on any atom is 0.254 e. The van der Waals surface area contributed by atoms with Crippen molar-refractivity contribution in [3.8, 4) is 0 Å². The maximum atomic E-state index is 11.4. The van der Waals surface area contributed by atoms with Crippen molar-refractivity contribution >= 4 is 28.9 Å².